The average Bonchev–Trinajstić information content (AvgIpc) is 2.34. The molecule has 17 heavy (non-hydrogen) atoms. The van der Waals surface area contributed by atoms with E-state index in [1.165, 1.54) is 6.07 Å². The first-order valence-electron chi connectivity index (χ1n) is 4.84. The lowest BCUT2D eigenvalue weighted by Crippen LogP contribution is -2.08. The van der Waals surface area contributed by atoms with Gasteiger partial charge < -0.3 is 10.7 Å². The summed E-state index contributed by atoms with van der Waals surface area (Å²) in [7, 11) is 0. The maximum absolute atomic E-state index is 13.3. The first-order valence-corrected chi connectivity index (χ1v) is 5.63. The van der Waals surface area contributed by atoms with Crippen molar-refractivity contribution in [3.63, 3.8) is 0 Å². The minimum Gasteiger partial charge on any atom is -0.355 e. The van der Waals surface area contributed by atoms with Crippen LogP contribution in [0.1, 0.15) is 0 Å². The van der Waals surface area contributed by atoms with Crippen molar-refractivity contribution in [2.45, 2.75) is 0 Å². The molecule has 0 atom stereocenters. The number of nitrogens with two attached hydrogens (primary N) is 1. The van der Waals surface area contributed by atoms with Crippen LogP contribution in [0.4, 0.5) is 21.6 Å². The van der Waals surface area contributed by atoms with E-state index in [0.29, 0.717) is 16.0 Å². The SMILES string of the molecule is NNc1cc(Nc2ccc(Br)c(F)c2)ccn1. The Morgan fingerprint density at radius 2 is 1.94 bits per heavy atom. The summed E-state index contributed by atoms with van der Waals surface area (Å²) in [6, 6.07) is 8.30. The molecule has 88 valence electrons. The summed E-state index contributed by atoms with van der Waals surface area (Å²) in [5.74, 6) is 5.47. The Kier molecular flexibility index (Phi) is 3.55. The highest BCUT2D eigenvalue weighted by Gasteiger charge is 2.01. The fraction of sp³-hybridized carbons (Fsp3) is 0. The molecular formula is C11H10BrFN4. The van der Waals surface area contributed by atoms with Gasteiger partial charge in [0.2, 0.25) is 0 Å². The van der Waals surface area contributed by atoms with Crippen molar-refractivity contribution in [3.05, 3.63) is 46.8 Å². The Labute approximate surface area is 106 Å². The van der Waals surface area contributed by atoms with E-state index in [2.05, 4.69) is 31.7 Å². The van der Waals surface area contributed by atoms with E-state index in [1.807, 2.05) is 0 Å². The highest BCUT2D eigenvalue weighted by atomic mass is 79.9. The van der Waals surface area contributed by atoms with Gasteiger partial charge in [-0.05, 0) is 40.2 Å². The number of halogens is 2. The number of hydrazine groups is 1. The maximum atomic E-state index is 13.3. The van der Waals surface area contributed by atoms with E-state index < -0.39 is 0 Å². The lowest BCUT2D eigenvalue weighted by atomic mass is 10.3. The van der Waals surface area contributed by atoms with E-state index in [-0.39, 0.29) is 5.82 Å². The van der Waals surface area contributed by atoms with Crippen LogP contribution in [0.5, 0.6) is 0 Å². The second-order valence-corrected chi connectivity index (χ2v) is 4.18. The molecule has 0 unspecified atom stereocenters. The molecule has 2 aromatic rings. The van der Waals surface area contributed by atoms with E-state index in [1.54, 1.807) is 30.5 Å². The number of pyridine rings is 1. The third-order valence-corrected chi connectivity index (χ3v) is 2.76. The molecule has 0 fully saturated rings. The van der Waals surface area contributed by atoms with Crippen LogP contribution in [0.2, 0.25) is 0 Å². The lowest BCUT2D eigenvalue weighted by Gasteiger charge is -2.08. The van der Waals surface area contributed by atoms with Gasteiger partial charge in [0, 0.05) is 23.6 Å². The Morgan fingerprint density at radius 1 is 1.18 bits per heavy atom. The maximum Gasteiger partial charge on any atom is 0.141 e. The first-order chi connectivity index (χ1) is 8.19. The zero-order chi connectivity index (χ0) is 12.3. The second kappa shape index (κ2) is 5.11. The highest BCUT2D eigenvalue weighted by molar-refractivity contribution is 9.10. The van der Waals surface area contributed by atoms with Crippen molar-refractivity contribution in [3.8, 4) is 0 Å². The minimum absolute atomic E-state index is 0.318. The van der Waals surface area contributed by atoms with Gasteiger partial charge in [-0.25, -0.2) is 15.2 Å². The number of nitrogen functional groups attached to an aromatic ring is 1. The molecule has 0 radical (unpaired) electrons. The standard InChI is InChI=1S/C11H10BrFN4/c12-9-2-1-7(5-10(9)13)16-8-3-4-15-11(6-8)17-14/h1-6H,14H2,(H2,15,16,17). The molecule has 1 aromatic carbocycles. The quantitative estimate of drug-likeness (QED) is 0.602. The van der Waals surface area contributed by atoms with Crippen molar-refractivity contribution in [1.29, 1.82) is 0 Å². The number of anilines is 3. The Hall–Kier alpha value is -1.66. The summed E-state index contributed by atoms with van der Waals surface area (Å²) in [5, 5.41) is 3.05. The predicted octanol–water partition coefficient (Wildman–Crippen LogP) is 3.01. The van der Waals surface area contributed by atoms with Crippen molar-refractivity contribution in [1.82, 2.24) is 4.98 Å². The average molecular weight is 297 g/mol. The topological polar surface area (TPSA) is 63.0 Å². The van der Waals surface area contributed by atoms with Gasteiger partial charge in [0.15, 0.2) is 0 Å². The summed E-state index contributed by atoms with van der Waals surface area (Å²) >= 11 is 3.10. The summed E-state index contributed by atoms with van der Waals surface area (Å²) in [5.41, 5.74) is 3.87. The molecule has 0 amide bonds. The van der Waals surface area contributed by atoms with Crippen LogP contribution < -0.4 is 16.6 Å². The van der Waals surface area contributed by atoms with Crippen LogP contribution in [0.3, 0.4) is 0 Å². The van der Waals surface area contributed by atoms with Crippen LogP contribution in [0.25, 0.3) is 0 Å². The molecule has 2 rings (SSSR count). The molecule has 6 heteroatoms. The van der Waals surface area contributed by atoms with Crippen LogP contribution in [-0.2, 0) is 0 Å². The molecule has 4 nitrogen and oxygen atoms in total. The van der Waals surface area contributed by atoms with Gasteiger partial charge in [-0.2, -0.15) is 0 Å². The van der Waals surface area contributed by atoms with Gasteiger partial charge in [-0.15, -0.1) is 0 Å². The molecule has 1 heterocycles. The highest BCUT2D eigenvalue weighted by Crippen LogP contribution is 2.23. The number of rotatable bonds is 3. The van der Waals surface area contributed by atoms with Crippen molar-refractivity contribution < 1.29 is 4.39 Å². The van der Waals surface area contributed by atoms with Crippen molar-refractivity contribution >= 4 is 33.1 Å². The number of aromatic nitrogens is 1. The summed E-state index contributed by atoms with van der Waals surface area (Å²) in [4.78, 5) is 3.97. The molecule has 0 aliphatic rings. The number of benzene rings is 1. The Bertz CT molecular complexity index is 533. The molecule has 0 aliphatic carbocycles. The van der Waals surface area contributed by atoms with E-state index >= 15 is 0 Å². The summed E-state index contributed by atoms with van der Waals surface area (Å²) in [6.07, 6.45) is 1.60. The molecule has 1 aromatic heterocycles. The molecule has 0 bridgehead atoms. The van der Waals surface area contributed by atoms with Gasteiger partial charge in [-0.1, -0.05) is 0 Å². The zero-order valence-corrected chi connectivity index (χ0v) is 10.3. The van der Waals surface area contributed by atoms with E-state index in [0.717, 1.165) is 5.69 Å². The zero-order valence-electron chi connectivity index (χ0n) is 8.74. The fourth-order valence-corrected chi connectivity index (χ4v) is 1.57. The van der Waals surface area contributed by atoms with Gasteiger partial charge in [-0.3, -0.25) is 0 Å². The predicted molar refractivity (Wildman–Crippen MR) is 69.4 cm³/mol. The van der Waals surface area contributed by atoms with E-state index in [4.69, 9.17) is 5.84 Å². The molecule has 0 saturated heterocycles. The van der Waals surface area contributed by atoms with E-state index in [9.17, 15) is 4.39 Å². The van der Waals surface area contributed by atoms with Gasteiger partial charge in [0.1, 0.15) is 11.6 Å². The fourth-order valence-electron chi connectivity index (χ4n) is 1.33. The largest absolute Gasteiger partial charge is 0.355 e. The summed E-state index contributed by atoms with van der Waals surface area (Å²) in [6.45, 7) is 0. The van der Waals surface area contributed by atoms with Gasteiger partial charge in [0.05, 0.1) is 4.47 Å². The lowest BCUT2D eigenvalue weighted by molar-refractivity contribution is 0.622. The number of nitrogens with one attached hydrogen (secondary N) is 2. The number of nitrogens with zero attached hydrogens (tertiary/aromatic N) is 1. The normalized spacial score (nSPS) is 10.1. The summed E-state index contributed by atoms with van der Waals surface area (Å²) < 4.78 is 13.7. The molecule has 0 spiro atoms. The van der Waals surface area contributed by atoms with Crippen molar-refractivity contribution in [2.75, 3.05) is 10.7 Å². The smallest absolute Gasteiger partial charge is 0.141 e. The number of hydrogen-bond acceptors (Lipinski definition) is 4. The monoisotopic (exact) mass is 296 g/mol. The Morgan fingerprint density at radius 3 is 2.65 bits per heavy atom. The van der Waals surface area contributed by atoms with Crippen LogP contribution in [0.15, 0.2) is 41.0 Å². The van der Waals surface area contributed by atoms with Crippen molar-refractivity contribution in [2.24, 2.45) is 5.84 Å². The van der Waals surface area contributed by atoms with Crippen LogP contribution >= 0.6 is 15.9 Å². The number of hydrogen-bond donors (Lipinski definition) is 3. The van der Waals surface area contributed by atoms with Gasteiger partial charge in [0.25, 0.3) is 0 Å². The molecule has 0 aliphatic heterocycles. The van der Waals surface area contributed by atoms with Gasteiger partial charge >= 0.3 is 0 Å². The third kappa shape index (κ3) is 2.92. The third-order valence-electron chi connectivity index (χ3n) is 2.12. The molecular weight excluding hydrogens is 287 g/mol. The van der Waals surface area contributed by atoms with Crippen LogP contribution in [0, 0.1) is 5.82 Å². The Balaban J connectivity index is 2.22. The second-order valence-electron chi connectivity index (χ2n) is 3.33. The van der Waals surface area contributed by atoms with Crippen LogP contribution in [-0.4, -0.2) is 4.98 Å². The molecule has 4 N–H and O–H groups in total. The minimum atomic E-state index is -0.318. The first kappa shape index (κ1) is 11.8. The molecule has 0 saturated carbocycles.